The number of anilines is 1. The summed E-state index contributed by atoms with van der Waals surface area (Å²) in [7, 11) is 0. The normalized spacial score (nSPS) is 21.6. The van der Waals surface area contributed by atoms with E-state index in [-0.39, 0.29) is 6.10 Å². The van der Waals surface area contributed by atoms with E-state index in [1.165, 1.54) is 0 Å². The zero-order valence-electron chi connectivity index (χ0n) is 10.9. The van der Waals surface area contributed by atoms with Crippen molar-refractivity contribution >= 4 is 5.69 Å². The highest BCUT2D eigenvalue weighted by Crippen LogP contribution is 2.34. The van der Waals surface area contributed by atoms with Gasteiger partial charge in [-0.3, -0.25) is 5.10 Å². The van der Waals surface area contributed by atoms with Gasteiger partial charge in [0.2, 0.25) is 0 Å². The Morgan fingerprint density at radius 1 is 1.45 bits per heavy atom. The van der Waals surface area contributed by atoms with Crippen LogP contribution in [0, 0.1) is 17.2 Å². The van der Waals surface area contributed by atoms with E-state index in [9.17, 15) is 0 Å². The molecule has 6 heteroatoms. The molecule has 0 radical (unpaired) electrons. The standard InChI is InChI=1S/C14H15N5O/c15-5-12-1-2-13(9-17-12)16-6-10-3-4-20-14(10)11-7-18-19-8-11/h1-2,7-10,14,16H,3-4,6H2,(H,18,19)/t10-,14+/m1/s1. The number of H-pyrrole nitrogens is 1. The molecule has 0 saturated carbocycles. The SMILES string of the molecule is N#Cc1ccc(NC[C@H]2CCO[C@@H]2c2cn[nH]c2)cn1. The third-order valence-corrected chi connectivity index (χ3v) is 3.51. The molecular weight excluding hydrogens is 254 g/mol. The van der Waals surface area contributed by atoms with Crippen molar-refractivity contribution in [3.8, 4) is 6.07 Å². The van der Waals surface area contributed by atoms with Gasteiger partial charge in [-0.15, -0.1) is 0 Å². The van der Waals surface area contributed by atoms with Crippen LogP contribution in [0.25, 0.3) is 0 Å². The van der Waals surface area contributed by atoms with Gasteiger partial charge in [0.25, 0.3) is 0 Å². The third-order valence-electron chi connectivity index (χ3n) is 3.51. The van der Waals surface area contributed by atoms with Crippen LogP contribution in [0.5, 0.6) is 0 Å². The van der Waals surface area contributed by atoms with E-state index < -0.39 is 0 Å². The van der Waals surface area contributed by atoms with E-state index in [1.807, 2.05) is 24.5 Å². The lowest BCUT2D eigenvalue weighted by Gasteiger charge is -2.18. The minimum absolute atomic E-state index is 0.0904. The second-order valence-electron chi connectivity index (χ2n) is 4.80. The van der Waals surface area contributed by atoms with Gasteiger partial charge in [-0.25, -0.2) is 4.98 Å². The van der Waals surface area contributed by atoms with Crippen LogP contribution in [-0.2, 0) is 4.74 Å². The lowest BCUT2D eigenvalue weighted by molar-refractivity contribution is 0.0933. The van der Waals surface area contributed by atoms with E-state index in [2.05, 4.69) is 20.5 Å². The Balaban J connectivity index is 1.61. The molecule has 0 spiro atoms. The Hall–Kier alpha value is -2.39. The monoisotopic (exact) mass is 269 g/mol. The van der Waals surface area contributed by atoms with Crippen LogP contribution in [0.15, 0.2) is 30.7 Å². The van der Waals surface area contributed by atoms with Crippen LogP contribution < -0.4 is 5.32 Å². The topological polar surface area (TPSA) is 86.6 Å². The molecule has 2 atom stereocenters. The van der Waals surface area contributed by atoms with Crippen LogP contribution >= 0.6 is 0 Å². The number of hydrogen-bond acceptors (Lipinski definition) is 5. The average molecular weight is 269 g/mol. The first-order valence-corrected chi connectivity index (χ1v) is 6.57. The number of nitriles is 1. The predicted molar refractivity (Wildman–Crippen MR) is 72.8 cm³/mol. The second-order valence-corrected chi connectivity index (χ2v) is 4.80. The van der Waals surface area contributed by atoms with Crippen LogP contribution in [0.2, 0.25) is 0 Å². The molecule has 1 aliphatic rings. The summed E-state index contributed by atoms with van der Waals surface area (Å²) in [5, 5.41) is 18.9. The molecule has 20 heavy (non-hydrogen) atoms. The first-order valence-electron chi connectivity index (χ1n) is 6.57. The van der Waals surface area contributed by atoms with Gasteiger partial charge >= 0.3 is 0 Å². The molecule has 3 rings (SSSR count). The van der Waals surface area contributed by atoms with Gasteiger partial charge in [-0.2, -0.15) is 10.4 Å². The molecule has 0 unspecified atom stereocenters. The minimum atomic E-state index is 0.0904. The fourth-order valence-electron chi connectivity index (χ4n) is 2.44. The summed E-state index contributed by atoms with van der Waals surface area (Å²) in [6, 6.07) is 5.59. The molecule has 102 valence electrons. The van der Waals surface area contributed by atoms with Crippen molar-refractivity contribution in [2.24, 2.45) is 5.92 Å². The Kier molecular flexibility index (Phi) is 3.61. The lowest BCUT2D eigenvalue weighted by atomic mass is 9.97. The number of aromatic nitrogens is 3. The zero-order valence-corrected chi connectivity index (χ0v) is 10.9. The smallest absolute Gasteiger partial charge is 0.140 e. The maximum absolute atomic E-state index is 8.71. The van der Waals surface area contributed by atoms with E-state index >= 15 is 0 Å². The van der Waals surface area contributed by atoms with Gasteiger partial charge in [-0.05, 0) is 18.6 Å². The first kappa shape index (κ1) is 12.6. The van der Waals surface area contributed by atoms with Gasteiger partial charge in [-0.1, -0.05) is 0 Å². The molecule has 2 aromatic heterocycles. The number of nitrogens with one attached hydrogen (secondary N) is 2. The molecule has 6 nitrogen and oxygen atoms in total. The van der Waals surface area contributed by atoms with Crippen LogP contribution in [-0.4, -0.2) is 28.3 Å². The molecule has 2 N–H and O–H groups in total. The summed E-state index contributed by atoms with van der Waals surface area (Å²) in [5.74, 6) is 0.406. The number of rotatable bonds is 4. The largest absolute Gasteiger partial charge is 0.383 e. The zero-order chi connectivity index (χ0) is 13.8. The maximum atomic E-state index is 8.71. The molecular formula is C14H15N5O. The number of pyridine rings is 1. The van der Waals surface area contributed by atoms with E-state index in [1.54, 1.807) is 12.3 Å². The first-order chi connectivity index (χ1) is 9.86. The number of hydrogen-bond donors (Lipinski definition) is 2. The highest BCUT2D eigenvalue weighted by Gasteiger charge is 2.30. The molecule has 0 aliphatic carbocycles. The Labute approximate surface area is 116 Å². The number of aromatic amines is 1. The number of ether oxygens (including phenoxy) is 1. The van der Waals surface area contributed by atoms with Gasteiger partial charge < -0.3 is 10.1 Å². The van der Waals surface area contributed by atoms with Crippen LogP contribution in [0.3, 0.4) is 0 Å². The second kappa shape index (κ2) is 5.72. The Bertz CT molecular complexity index is 587. The molecule has 0 aromatic carbocycles. The molecule has 3 heterocycles. The summed E-state index contributed by atoms with van der Waals surface area (Å²) in [6.45, 7) is 1.58. The van der Waals surface area contributed by atoms with Crippen molar-refractivity contribution < 1.29 is 4.74 Å². The molecule has 1 aliphatic heterocycles. The van der Waals surface area contributed by atoms with Crippen LogP contribution in [0.4, 0.5) is 5.69 Å². The minimum Gasteiger partial charge on any atom is -0.383 e. The van der Waals surface area contributed by atoms with E-state index in [0.29, 0.717) is 11.6 Å². The van der Waals surface area contributed by atoms with Gasteiger partial charge in [0.1, 0.15) is 11.8 Å². The van der Waals surface area contributed by atoms with Crippen molar-refractivity contribution in [1.82, 2.24) is 15.2 Å². The Morgan fingerprint density at radius 2 is 2.40 bits per heavy atom. The van der Waals surface area contributed by atoms with E-state index in [0.717, 1.165) is 30.8 Å². The molecule has 0 bridgehead atoms. The summed E-state index contributed by atoms with van der Waals surface area (Å²) in [5.41, 5.74) is 2.44. The van der Waals surface area contributed by atoms with Crippen molar-refractivity contribution in [2.75, 3.05) is 18.5 Å². The summed E-state index contributed by atoms with van der Waals surface area (Å²) in [6.07, 6.45) is 6.49. The fraction of sp³-hybridized carbons (Fsp3) is 0.357. The third kappa shape index (κ3) is 2.63. The van der Waals surface area contributed by atoms with E-state index in [4.69, 9.17) is 10.00 Å². The van der Waals surface area contributed by atoms with Gasteiger partial charge in [0.05, 0.1) is 24.2 Å². The van der Waals surface area contributed by atoms with Crippen molar-refractivity contribution in [2.45, 2.75) is 12.5 Å². The van der Waals surface area contributed by atoms with Gasteiger partial charge in [0, 0.05) is 30.8 Å². The summed E-state index contributed by atoms with van der Waals surface area (Å²) >= 11 is 0. The lowest BCUT2D eigenvalue weighted by Crippen LogP contribution is -2.17. The average Bonchev–Trinajstić information content (AvgIpc) is 3.16. The summed E-state index contributed by atoms with van der Waals surface area (Å²) < 4.78 is 5.78. The highest BCUT2D eigenvalue weighted by atomic mass is 16.5. The van der Waals surface area contributed by atoms with Crippen molar-refractivity contribution in [1.29, 1.82) is 5.26 Å². The number of nitrogens with zero attached hydrogens (tertiary/aromatic N) is 3. The van der Waals surface area contributed by atoms with Crippen molar-refractivity contribution in [3.63, 3.8) is 0 Å². The molecule has 2 aromatic rings. The maximum Gasteiger partial charge on any atom is 0.140 e. The van der Waals surface area contributed by atoms with Gasteiger partial charge in [0.15, 0.2) is 0 Å². The molecule has 0 amide bonds. The van der Waals surface area contributed by atoms with Crippen molar-refractivity contribution in [3.05, 3.63) is 42.0 Å². The molecule has 1 saturated heterocycles. The Morgan fingerprint density at radius 3 is 3.10 bits per heavy atom. The highest BCUT2D eigenvalue weighted by molar-refractivity contribution is 5.42. The van der Waals surface area contributed by atoms with Crippen LogP contribution in [0.1, 0.15) is 23.8 Å². The summed E-state index contributed by atoms with van der Waals surface area (Å²) in [4.78, 5) is 4.04. The molecule has 1 fully saturated rings. The quantitative estimate of drug-likeness (QED) is 0.884. The fourth-order valence-corrected chi connectivity index (χ4v) is 2.44. The predicted octanol–water partition coefficient (Wildman–Crippen LogP) is 1.87.